The Morgan fingerprint density at radius 3 is 2.83 bits per heavy atom. The number of anilines is 1. The number of hydrogen-bond donors (Lipinski definition) is 2. The Bertz CT molecular complexity index is 422. The topological polar surface area (TPSA) is 49.5 Å². The number of benzene rings is 1. The molecule has 0 spiro atoms. The van der Waals surface area contributed by atoms with E-state index in [0.29, 0.717) is 10.9 Å². The average molecular weight is 269 g/mol. The van der Waals surface area contributed by atoms with Crippen molar-refractivity contribution in [3.05, 3.63) is 28.8 Å². The van der Waals surface area contributed by atoms with Crippen molar-refractivity contribution in [2.24, 2.45) is 11.7 Å². The van der Waals surface area contributed by atoms with Crippen LogP contribution in [0.4, 0.5) is 5.69 Å². The fourth-order valence-corrected chi connectivity index (χ4v) is 3.02. The van der Waals surface area contributed by atoms with E-state index < -0.39 is 0 Å². The van der Waals surface area contributed by atoms with Crippen LogP contribution in [0.5, 0.6) is 0 Å². The third-order valence-electron chi connectivity index (χ3n) is 3.88. The summed E-state index contributed by atoms with van der Waals surface area (Å²) >= 11 is 6.26. The first kappa shape index (κ1) is 13.7. The van der Waals surface area contributed by atoms with Gasteiger partial charge in [-0.1, -0.05) is 24.6 Å². The molecule has 1 heterocycles. The van der Waals surface area contributed by atoms with Crippen molar-refractivity contribution in [2.45, 2.75) is 32.4 Å². The van der Waals surface area contributed by atoms with Crippen LogP contribution in [0.1, 0.15) is 31.9 Å². The summed E-state index contributed by atoms with van der Waals surface area (Å²) in [5.41, 5.74) is 7.90. The molecule has 0 amide bonds. The second-order valence-corrected chi connectivity index (χ2v) is 5.61. The number of nitrogens with two attached hydrogens (primary N) is 1. The maximum atomic E-state index is 9.49. The summed E-state index contributed by atoms with van der Waals surface area (Å²) < 4.78 is 0. The summed E-state index contributed by atoms with van der Waals surface area (Å²) in [6, 6.07) is 6.13. The van der Waals surface area contributed by atoms with Gasteiger partial charge in [0.15, 0.2) is 0 Å². The lowest BCUT2D eigenvalue weighted by atomic mass is 10.0. The molecule has 100 valence electrons. The molecular formula is C14H21ClN2O. The highest BCUT2D eigenvalue weighted by Gasteiger charge is 2.30. The van der Waals surface area contributed by atoms with Gasteiger partial charge in [-0.3, -0.25) is 0 Å². The van der Waals surface area contributed by atoms with Gasteiger partial charge in [-0.25, -0.2) is 0 Å². The first-order valence-corrected chi connectivity index (χ1v) is 6.85. The summed E-state index contributed by atoms with van der Waals surface area (Å²) in [5, 5.41) is 10.2. The average Bonchev–Trinajstić information content (AvgIpc) is 2.69. The molecule has 3 atom stereocenters. The number of hydrogen-bond acceptors (Lipinski definition) is 3. The summed E-state index contributed by atoms with van der Waals surface area (Å²) in [6.07, 6.45) is 1.11. The van der Waals surface area contributed by atoms with Crippen molar-refractivity contribution in [3.8, 4) is 0 Å². The van der Waals surface area contributed by atoms with E-state index in [1.165, 1.54) is 0 Å². The van der Waals surface area contributed by atoms with Crippen LogP contribution < -0.4 is 10.6 Å². The highest BCUT2D eigenvalue weighted by atomic mass is 35.5. The second-order valence-electron chi connectivity index (χ2n) is 5.20. The SMILES string of the molecule is CC(N)c1ccc(N2CCC(C)C2CO)cc1Cl. The van der Waals surface area contributed by atoms with E-state index in [2.05, 4.69) is 11.8 Å². The summed E-state index contributed by atoms with van der Waals surface area (Å²) in [7, 11) is 0. The maximum absolute atomic E-state index is 9.49. The fourth-order valence-electron chi connectivity index (χ4n) is 2.67. The minimum Gasteiger partial charge on any atom is -0.394 e. The van der Waals surface area contributed by atoms with Gasteiger partial charge in [-0.05, 0) is 37.0 Å². The predicted molar refractivity (Wildman–Crippen MR) is 76.1 cm³/mol. The zero-order valence-corrected chi connectivity index (χ0v) is 11.7. The van der Waals surface area contributed by atoms with Crippen molar-refractivity contribution in [2.75, 3.05) is 18.1 Å². The molecular weight excluding hydrogens is 248 g/mol. The van der Waals surface area contributed by atoms with Crippen molar-refractivity contribution in [1.29, 1.82) is 0 Å². The highest BCUT2D eigenvalue weighted by molar-refractivity contribution is 6.31. The number of aliphatic hydroxyl groups is 1. The lowest BCUT2D eigenvalue weighted by Crippen LogP contribution is -2.35. The largest absolute Gasteiger partial charge is 0.394 e. The van der Waals surface area contributed by atoms with Crippen LogP contribution in [0.2, 0.25) is 5.02 Å². The Morgan fingerprint density at radius 2 is 2.28 bits per heavy atom. The Balaban J connectivity index is 2.27. The van der Waals surface area contributed by atoms with Crippen LogP contribution in [0.3, 0.4) is 0 Å². The first-order chi connectivity index (χ1) is 8.54. The highest BCUT2D eigenvalue weighted by Crippen LogP contribution is 2.33. The zero-order valence-electron chi connectivity index (χ0n) is 10.9. The molecule has 3 nitrogen and oxygen atoms in total. The molecule has 0 bridgehead atoms. The number of rotatable bonds is 3. The molecule has 1 aliphatic heterocycles. The van der Waals surface area contributed by atoms with E-state index in [1.54, 1.807) is 0 Å². The lowest BCUT2D eigenvalue weighted by Gasteiger charge is -2.28. The van der Waals surface area contributed by atoms with Gasteiger partial charge in [0.2, 0.25) is 0 Å². The molecule has 3 unspecified atom stereocenters. The standard InChI is InChI=1S/C14H21ClN2O/c1-9-5-6-17(14(9)8-18)11-3-4-12(10(2)16)13(15)7-11/h3-4,7,9-10,14,18H,5-6,8,16H2,1-2H3. The van der Waals surface area contributed by atoms with Gasteiger partial charge in [0.1, 0.15) is 0 Å². The summed E-state index contributed by atoms with van der Waals surface area (Å²) in [5.74, 6) is 0.516. The Kier molecular flexibility index (Phi) is 4.15. The first-order valence-electron chi connectivity index (χ1n) is 6.47. The van der Waals surface area contributed by atoms with Crippen LogP contribution in [-0.4, -0.2) is 24.3 Å². The van der Waals surface area contributed by atoms with Crippen molar-refractivity contribution < 1.29 is 5.11 Å². The zero-order chi connectivity index (χ0) is 13.3. The van der Waals surface area contributed by atoms with Crippen molar-refractivity contribution in [1.82, 2.24) is 0 Å². The molecule has 0 saturated carbocycles. The molecule has 3 N–H and O–H groups in total. The fraction of sp³-hybridized carbons (Fsp3) is 0.571. The van der Waals surface area contributed by atoms with Crippen LogP contribution >= 0.6 is 11.6 Å². The van der Waals surface area contributed by atoms with Gasteiger partial charge >= 0.3 is 0 Å². The molecule has 0 radical (unpaired) electrons. The van der Waals surface area contributed by atoms with E-state index in [9.17, 15) is 5.11 Å². The van der Waals surface area contributed by atoms with Gasteiger partial charge in [-0.15, -0.1) is 0 Å². The third-order valence-corrected chi connectivity index (χ3v) is 4.20. The summed E-state index contributed by atoms with van der Waals surface area (Å²) in [6.45, 7) is 5.27. The van der Waals surface area contributed by atoms with E-state index in [0.717, 1.165) is 24.2 Å². The van der Waals surface area contributed by atoms with Gasteiger partial charge in [0.25, 0.3) is 0 Å². The molecule has 0 aromatic heterocycles. The lowest BCUT2D eigenvalue weighted by molar-refractivity contribution is 0.245. The number of halogens is 1. The van der Waals surface area contributed by atoms with E-state index in [-0.39, 0.29) is 18.7 Å². The molecule has 1 fully saturated rings. The normalized spacial score (nSPS) is 25.5. The van der Waals surface area contributed by atoms with Crippen LogP contribution in [0.15, 0.2) is 18.2 Å². The van der Waals surface area contributed by atoms with Gasteiger partial charge in [0, 0.05) is 23.3 Å². The molecule has 1 aromatic rings. The van der Waals surface area contributed by atoms with Crippen LogP contribution in [0, 0.1) is 5.92 Å². The second kappa shape index (κ2) is 5.47. The monoisotopic (exact) mass is 268 g/mol. The molecule has 1 aromatic carbocycles. The van der Waals surface area contributed by atoms with E-state index in [1.807, 2.05) is 25.1 Å². The molecule has 1 aliphatic rings. The minimum atomic E-state index is -0.0577. The molecule has 4 heteroatoms. The van der Waals surface area contributed by atoms with Gasteiger partial charge < -0.3 is 15.7 Å². The smallest absolute Gasteiger partial charge is 0.0637 e. The number of aliphatic hydroxyl groups excluding tert-OH is 1. The van der Waals surface area contributed by atoms with Crippen molar-refractivity contribution >= 4 is 17.3 Å². The Hall–Kier alpha value is -0.770. The molecule has 1 saturated heterocycles. The Labute approximate surface area is 114 Å². The van der Waals surface area contributed by atoms with Crippen LogP contribution in [-0.2, 0) is 0 Å². The van der Waals surface area contributed by atoms with Crippen LogP contribution in [0.25, 0.3) is 0 Å². The Morgan fingerprint density at radius 1 is 1.56 bits per heavy atom. The minimum absolute atomic E-state index is 0.0577. The van der Waals surface area contributed by atoms with Gasteiger partial charge in [0.05, 0.1) is 12.6 Å². The summed E-state index contributed by atoms with van der Waals surface area (Å²) in [4.78, 5) is 2.24. The number of nitrogens with zero attached hydrogens (tertiary/aromatic N) is 1. The quantitative estimate of drug-likeness (QED) is 0.886. The van der Waals surface area contributed by atoms with Crippen molar-refractivity contribution in [3.63, 3.8) is 0 Å². The van der Waals surface area contributed by atoms with E-state index >= 15 is 0 Å². The predicted octanol–water partition coefficient (Wildman–Crippen LogP) is 2.57. The maximum Gasteiger partial charge on any atom is 0.0637 e. The molecule has 2 rings (SSSR count). The van der Waals surface area contributed by atoms with E-state index in [4.69, 9.17) is 17.3 Å². The third kappa shape index (κ3) is 2.48. The van der Waals surface area contributed by atoms with Gasteiger partial charge in [-0.2, -0.15) is 0 Å². The molecule has 18 heavy (non-hydrogen) atoms. The molecule has 0 aliphatic carbocycles.